The Morgan fingerprint density at radius 2 is 1.72 bits per heavy atom. The number of benzene rings is 1. The second kappa shape index (κ2) is 11.0. The number of fused-ring (bicyclic) bond motifs is 3. The zero-order chi connectivity index (χ0) is 26.9. The zero-order valence-corrected chi connectivity index (χ0v) is 22.2. The van der Waals surface area contributed by atoms with Crippen molar-refractivity contribution in [1.29, 1.82) is 0 Å². The number of rotatable bonds is 5. The van der Waals surface area contributed by atoms with E-state index in [1.165, 1.54) is 0 Å². The van der Waals surface area contributed by atoms with E-state index in [-0.39, 0.29) is 23.6 Å². The van der Waals surface area contributed by atoms with Gasteiger partial charge in [-0.05, 0) is 43.9 Å². The maximum absolute atomic E-state index is 13.2. The number of aromatic nitrogens is 2. The monoisotopic (exact) mass is 535 g/mol. The van der Waals surface area contributed by atoms with Crippen LogP contribution in [0.15, 0.2) is 30.3 Å². The van der Waals surface area contributed by atoms with E-state index in [0.717, 1.165) is 89.5 Å². The van der Waals surface area contributed by atoms with Crippen LogP contribution in [-0.2, 0) is 9.59 Å². The lowest BCUT2D eigenvalue weighted by molar-refractivity contribution is -0.143. The highest BCUT2D eigenvalue weighted by Gasteiger charge is 2.35. The molecular formula is C28H37N7O4. The van der Waals surface area contributed by atoms with Crippen molar-refractivity contribution in [2.24, 2.45) is 5.92 Å². The molecule has 1 aromatic carbocycles. The van der Waals surface area contributed by atoms with E-state index in [0.29, 0.717) is 23.8 Å². The van der Waals surface area contributed by atoms with E-state index in [4.69, 9.17) is 0 Å². The third-order valence-electron chi connectivity index (χ3n) is 8.92. The Kier molecular flexibility index (Phi) is 7.26. The van der Waals surface area contributed by atoms with Gasteiger partial charge >= 0.3 is 5.97 Å². The fourth-order valence-electron chi connectivity index (χ4n) is 6.63. The van der Waals surface area contributed by atoms with Gasteiger partial charge in [-0.3, -0.25) is 19.4 Å². The topological polar surface area (TPSA) is 125 Å². The summed E-state index contributed by atoms with van der Waals surface area (Å²) in [5.41, 5.74) is 2.28. The predicted octanol–water partition coefficient (Wildman–Crippen LogP) is 1.55. The first kappa shape index (κ1) is 25.8. The van der Waals surface area contributed by atoms with Crippen LogP contribution in [0, 0.1) is 5.92 Å². The molecule has 0 unspecified atom stereocenters. The maximum Gasteiger partial charge on any atom is 0.306 e. The summed E-state index contributed by atoms with van der Waals surface area (Å²) in [4.78, 5) is 33.5. The van der Waals surface area contributed by atoms with Crippen molar-refractivity contribution in [3.63, 3.8) is 0 Å². The van der Waals surface area contributed by atoms with Crippen LogP contribution in [0.1, 0.15) is 25.7 Å². The lowest BCUT2D eigenvalue weighted by Gasteiger charge is -2.46. The predicted molar refractivity (Wildman–Crippen MR) is 147 cm³/mol. The summed E-state index contributed by atoms with van der Waals surface area (Å²) >= 11 is 0. The van der Waals surface area contributed by atoms with Gasteiger partial charge in [-0.1, -0.05) is 12.1 Å². The molecule has 1 aromatic heterocycles. The molecule has 2 aromatic rings. The van der Waals surface area contributed by atoms with Crippen molar-refractivity contribution < 1.29 is 19.8 Å². The van der Waals surface area contributed by atoms with Gasteiger partial charge in [0.2, 0.25) is 5.91 Å². The van der Waals surface area contributed by atoms with Gasteiger partial charge in [0.15, 0.2) is 5.82 Å². The number of nitrogens with one attached hydrogen (secondary N) is 1. The van der Waals surface area contributed by atoms with E-state index < -0.39 is 5.97 Å². The first-order valence-corrected chi connectivity index (χ1v) is 14.1. The van der Waals surface area contributed by atoms with Crippen LogP contribution < -0.4 is 10.2 Å². The Balaban J connectivity index is 1.01. The summed E-state index contributed by atoms with van der Waals surface area (Å²) in [6.07, 6.45) is 3.39. The number of aromatic hydroxyl groups is 1. The highest BCUT2D eigenvalue weighted by atomic mass is 16.4. The Hall–Kier alpha value is -3.44. The summed E-state index contributed by atoms with van der Waals surface area (Å²) in [7, 11) is 0. The van der Waals surface area contributed by atoms with Crippen molar-refractivity contribution >= 4 is 23.4 Å². The Morgan fingerprint density at radius 1 is 0.949 bits per heavy atom. The number of carboxylic acids is 1. The Labute approximate surface area is 228 Å². The molecule has 1 atom stereocenters. The second-order valence-electron chi connectivity index (χ2n) is 11.2. The molecule has 4 aliphatic rings. The van der Waals surface area contributed by atoms with E-state index in [1.54, 1.807) is 12.1 Å². The largest absolute Gasteiger partial charge is 0.507 e. The Bertz CT molecular complexity index is 1210. The molecule has 2 saturated heterocycles. The summed E-state index contributed by atoms with van der Waals surface area (Å²) in [5, 5.41) is 31.6. The maximum atomic E-state index is 13.2. The van der Waals surface area contributed by atoms with Gasteiger partial charge < -0.3 is 25.3 Å². The number of anilines is 2. The molecule has 3 aliphatic heterocycles. The lowest BCUT2D eigenvalue weighted by Crippen LogP contribution is -2.60. The minimum absolute atomic E-state index is 0.182. The number of hydrogen-bond donors (Lipinski definition) is 3. The van der Waals surface area contributed by atoms with Crippen molar-refractivity contribution in [2.75, 3.05) is 69.1 Å². The van der Waals surface area contributed by atoms with Crippen LogP contribution in [0.4, 0.5) is 11.5 Å². The quantitative estimate of drug-likeness (QED) is 0.519. The number of carbonyl (C=O) groups excluding carboxylic acids is 1. The summed E-state index contributed by atoms with van der Waals surface area (Å²) < 4.78 is 0. The molecule has 1 aliphatic carbocycles. The van der Waals surface area contributed by atoms with Crippen molar-refractivity contribution in [3.05, 3.63) is 30.3 Å². The molecule has 6 rings (SSSR count). The van der Waals surface area contributed by atoms with Crippen LogP contribution in [-0.4, -0.2) is 118 Å². The van der Waals surface area contributed by atoms with Gasteiger partial charge in [-0.25, -0.2) is 0 Å². The van der Waals surface area contributed by atoms with Crippen molar-refractivity contribution in [1.82, 2.24) is 24.9 Å². The van der Waals surface area contributed by atoms with Crippen LogP contribution in [0.2, 0.25) is 0 Å². The molecule has 11 heteroatoms. The minimum atomic E-state index is -0.663. The van der Waals surface area contributed by atoms with Crippen LogP contribution in [0.25, 0.3) is 11.3 Å². The number of aliphatic carboxylic acids is 1. The third kappa shape index (κ3) is 5.38. The molecule has 1 amide bonds. The SMILES string of the molecule is O=C(CN1CCN2c3cc(-c4ccccc4O)nnc3NC[C@H]2C1)N1CCN([C@H]2CC[C@@H](C(=O)O)CC2)CC1. The molecule has 3 N–H and O–H groups in total. The highest BCUT2D eigenvalue weighted by molar-refractivity contribution is 5.79. The van der Waals surface area contributed by atoms with Gasteiger partial charge in [0.1, 0.15) is 5.75 Å². The normalized spacial score (nSPS) is 25.9. The molecule has 0 bridgehead atoms. The standard InChI is InChI=1S/C28H37N7O4/c36-25-4-2-1-3-22(25)23-15-24-27(31-30-23)29-16-21-17-32(9-14-35(21)24)18-26(37)34-12-10-33(11-13-34)20-7-5-19(6-8-20)28(38)39/h1-4,15,19-21,36H,5-14,16-18H2,(H,29,31)(H,38,39)/t19-,20+,21-/m0/s1. The van der Waals surface area contributed by atoms with Gasteiger partial charge in [-0.15, -0.1) is 10.2 Å². The molecular weight excluding hydrogens is 498 g/mol. The molecule has 0 spiro atoms. The second-order valence-corrected chi connectivity index (χ2v) is 11.2. The smallest absolute Gasteiger partial charge is 0.306 e. The van der Waals surface area contributed by atoms with E-state index in [9.17, 15) is 19.8 Å². The number of para-hydroxylation sites is 1. The first-order chi connectivity index (χ1) is 19.0. The number of hydrogen-bond acceptors (Lipinski definition) is 9. The van der Waals surface area contributed by atoms with Gasteiger partial charge in [-0.2, -0.15) is 0 Å². The van der Waals surface area contributed by atoms with Crippen LogP contribution in [0.5, 0.6) is 5.75 Å². The average molecular weight is 536 g/mol. The first-order valence-electron chi connectivity index (χ1n) is 14.1. The third-order valence-corrected chi connectivity index (χ3v) is 8.92. The molecule has 4 heterocycles. The molecule has 1 saturated carbocycles. The molecule has 0 radical (unpaired) electrons. The number of amides is 1. The van der Waals surface area contributed by atoms with Gasteiger partial charge in [0.25, 0.3) is 0 Å². The number of carboxylic acid groups (broad SMARTS) is 1. The highest BCUT2D eigenvalue weighted by Crippen LogP contribution is 2.36. The number of phenolic OH excluding ortho intramolecular Hbond substituents is 1. The number of carbonyl (C=O) groups is 2. The minimum Gasteiger partial charge on any atom is -0.507 e. The van der Waals surface area contributed by atoms with E-state index in [1.807, 2.05) is 23.1 Å². The molecule has 208 valence electrons. The zero-order valence-electron chi connectivity index (χ0n) is 22.2. The fraction of sp³-hybridized carbons (Fsp3) is 0.571. The van der Waals surface area contributed by atoms with Gasteiger partial charge in [0.05, 0.1) is 29.9 Å². The van der Waals surface area contributed by atoms with Crippen molar-refractivity contribution in [2.45, 2.75) is 37.8 Å². The average Bonchev–Trinajstić information content (AvgIpc) is 2.97. The van der Waals surface area contributed by atoms with E-state index in [2.05, 4.69) is 30.2 Å². The lowest BCUT2D eigenvalue weighted by atomic mass is 9.85. The number of piperazine rings is 2. The molecule has 39 heavy (non-hydrogen) atoms. The van der Waals surface area contributed by atoms with Crippen LogP contribution in [0.3, 0.4) is 0 Å². The number of phenols is 1. The molecule has 3 fully saturated rings. The summed E-state index contributed by atoms with van der Waals surface area (Å²) in [6.45, 7) is 6.77. The fourth-order valence-corrected chi connectivity index (χ4v) is 6.63. The van der Waals surface area contributed by atoms with E-state index >= 15 is 0 Å². The Morgan fingerprint density at radius 3 is 2.46 bits per heavy atom. The van der Waals surface area contributed by atoms with Crippen LogP contribution >= 0.6 is 0 Å². The van der Waals surface area contributed by atoms with Crippen molar-refractivity contribution in [3.8, 4) is 17.0 Å². The molecule has 11 nitrogen and oxygen atoms in total. The van der Waals surface area contributed by atoms with Gasteiger partial charge in [0, 0.05) is 64.0 Å². The summed E-state index contributed by atoms with van der Waals surface area (Å²) in [6, 6.07) is 9.82. The number of nitrogens with zero attached hydrogens (tertiary/aromatic N) is 6. The summed E-state index contributed by atoms with van der Waals surface area (Å²) in [5.74, 6) is 0.272.